The van der Waals surface area contributed by atoms with Gasteiger partial charge in [-0.2, -0.15) is 0 Å². The maximum Gasteiger partial charge on any atom is 0.223 e. The first-order chi connectivity index (χ1) is 9.15. The van der Waals surface area contributed by atoms with Crippen molar-refractivity contribution in [3.63, 3.8) is 0 Å². The molecule has 0 bridgehead atoms. The molecule has 1 aliphatic heterocycles. The smallest absolute Gasteiger partial charge is 0.223 e. The van der Waals surface area contributed by atoms with E-state index in [0.717, 1.165) is 30.8 Å². The lowest BCUT2D eigenvalue weighted by Crippen LogP contribution is -2.42. The molecular weight excluding hydrogens is 295 g/mol. The number of hydrogen-bond donors (Lipinski definition) is 2. The van der Waals surface area contributed by atoms with E-state index in [9.17, 15) is 4.79 Å². The van der Waals surface area contributed by atoms with Crippen molar-refractivity contribution in [2.45, 2.75) is 32.2 Å². The Labute approximate surface area is 131 Å². The first-order valence-electron chi connectivity index (χ1n) is 6.90. The summed E-state index contributed by atoms with van der Waals surface area (Å²) in [7, 11) is 0. The van der Waals surface area contributed by atoms with Crippen molar-refractivity contribution in [3.8, 4) is 0 Å². The molecule has 0 aliphatic carbocycles. The summed E-state index contributed by atoms with van der Waals surface area (Å²) in [5, 5.41) is 7.14. The lowest BCUT2D eigenvalue weighted by atomic mass is 9.92. The fourth-order valence-corrected chi connectivity index (χ4v) is 2.62. The minimum Gasteiger partial charge on any atom is -0.356 e. The van der Waals surface area contributed by atoms with Crippen LogP contribution in [0.2, 0.25) is 5.02 Å². The van der Waals surface area contributed by atoms with Crippen LogP contribution in [0.25, 0.3) is 0 Å². The highest BCUT2D eigenvalue weighted by Gasteiger charge is 2.24. The van der Waals surface area contributed by atoms with Gasteiger partial charge in [-0.1, -0.05) is 23.7 Å². The number of nitrogens with one attached hydrogen (secondary N) is 2. The van der Waals surface area contributed by atoms with Gasteiger partial charge in [-0.05, 0) is 50.4 Å². The lowest BCUT2D eigenvalue weighted by molar-refractivity contribution is -0.126. The Balaban J connectivity index is 0.00000200. The minimum atomic E-state index is 0. The molecule has 0 spiro atoms. The molecule has 3 nitrogen and oxygen atoms in total. The molecular formula is C15H22Cl2N2O. The van der Waals surface area contributed by atoms with Crippen molar-refractivity contribution < 1.29 is 4.79 Å². The minimum absolute atomic E-state index is 0. The second-order valence-corrected chi connectivity index (χ2v) is 5.68. The molecule has 1 fully saturated rings. The van der Waals surface area contributed by atoms with Gasteiger partial charge in [0, 0.05) is 23.5 Å². The van der Waals surface area contributed by atoms with Crippen LogP contribution in [0.4, 0.5) is 0 Å². The van der Waals surface area contributed by atoms with Crippen LogP contribution in [-0.2, 0) is 11.2 Å². The van der Waals surface area contributed by atoms with Crippen LogP contribution in [0.1, 0.15) is 25.3 Å². The highest BCUT2D eigenvalue weighted by molar-refractivity contribution is 6.30. The SMILES string of the molecule is C[C@H]1C[C@@H](C(=O)NCCc2ccc(Cl)cc2)CCN1.Cl. The van der Waals surface area contributed by atoms with Gasteiger partial charge in [0.15, 0.2) is 0 Å². The normalized spacial score (nSPS) is 21.9. The topological polar surface area (TPSA) is 41.1 Å². The molecule has 2 rings (SSSR count). The van der Waals surface area contributed by atoms with E-state index in [2.05, 4.69) is 17.6 Å². The lowest BCUT2D eigenvalue weighted by Gasteiger charge is -2.27. The van der Waals surface area contributed by atoms with E-state index >= 15 is 0 Å². The van der Waals surface area contributed by atoms with Crippen LogP contribution < -0.4 is 10.6 Å². The zero-order valence-corrected chi connectivity index (χ0v) is 13.3. The third kappa shape index (κ3) is 5.31. The van der Waals surface area contributed by atoms with Crippen LogP contribution in [0.15, 0.2) is 24.3 Å². The van der Waals surface area contributed by atoms with Crippen LogP contribution in [0.5, 0.6) is 0 Å². The number of hydrogen-bond acceptors (Lipinski definition) is 2. The number of rotatable bonds is 4. The number of carbonyl (C=O) groups excluding carboxylic acids is 1. The average Bonchev–Trinajstić information content (AvgIpc) is 2.41. The molecule has 1 aliphatic rings. The molecule has 20 heavy (non-hydrogen) atoms. The first kappa shape index (κ1) is 17.3. The molecule has 1 saturated heterocycles. The fraction of sp³-hybridized carbons (Fsp3) is 0.533. The van der Waals surface area contributed by atoms with E-state index in [1.165, 1.54) is 5.56 Å². The summed E-state index contributed by atoms with van der Waals surface area (Å²) in [6.45, 7) is 3.77. The van der Waals surface area contributed by atoms with E-state index in [0.29, 0.717) is 12.6 Å². The second kappa shape index (κ2) is 8.50. The fourth-order valence-electron chi connectivity index (χ4n) is 2.50. The number of piperidine rings is 1. The van der Waals surface area contributed by atoms with E-state index < -0.39 is 0 Å². The first-order valence-corrected chi connectivity index (χ1v) is 7.28. The summed E-state index contributed by atoms with van der Waals surface area (Å²) < 4.78 is 0. The van der Waals surface area contributed by atoms with E-state index in [-0.39, 0.29) is 24.2 Å². The Morgan fingerprint density at radius 1 is 1.40 bits per heavy atom. The molecule has 1 aromatic carbocycles. The number of amides is 1. The Bertz CT molecular complexity index is 422. The molecule has 0 saturated carbocycles. The number of benzene rings is 1. The maximum absolute atomic E-state index is 12.0. The molecule has 0 radical (unpaired) electrons. The second-order valence-electron chi connectivity index (χ2n) is 5.24. The molecule has 0 unspecified atom stereocenters. The third-order valence-corrected chi connectivity index (χ3v) is 3.87. The van der Waals surface area contributed by atoms with Crippen LogP contribution in [-0.4, -0.2) is 25.0 Å². The zero-order chi connectivity index (χ0) is 13.7. The predicted molar refractivity (Wildman–Crippen MR) is 85.6 cm³/mol. The maximum atomic E-state index is 12.0. The summed E-state index contributed by atoms with van der Waals surface area (Å²) in [6.07, 6.45) is 2.73. The Kier molecular flexibility index (Phi) is 7.35. The van der Waals surface area contributed by atoms with Gasteiger partial charge in [0.25, 0.3) is 0 Å². The largest absolute Gasteiger partial charge is 0.356 e. The predicted octanol–water partition coefficient (Wildman–Crippen LogP) is 2.81. The Morgan fingerprint density at radius 3 is 2.75 bits per heavy atom. The van der Waals surface area contributed by atoms with Gasteiger partial charge in [-0.25, -0.2) is 0 Å². The summed E-state index contributed by atoms with van der Waals surface area (Å²) in [6, 6.07) is 8.21. The van der Waals surface area contributed by atoms with Crippen LogP contribution >= 0.6 is 24.0 Å². The van der Waals surface area contributed by atoms with Gasteiger partial charge in [-0.3, -0.25) is 4.79 Å². The molecule has 2 N–H and O–H groups in total. The van der Waals surface area contributed by atoms with Gasteiger partial charge >= 0.3 is 0 Å². The molecule has 1 heterocycles. The highest BCUT2D eigenvalue weighted by atomic mass is 35.5. The van der Waals surface area contributed by atoms with Crippen molar-refractivity contribution in [1.82, 2.24) is 10.6 Å². The molecule has 1 amide bonds. The molecule has 0 aromatic heterocycles. The molecule has 5 heteroatoms. The van der Waals surface area contributed by atoms with Crippen molar-refractivity contribution in [2.24, 2.45) is 5.92 Å². The van der Waals surface area contributed by atoms with Crippen molar-refractivity contribution in [1.29, 1.82) is 0 Å². The zero-order valence-electron chi connectivity index (χ0n) is 11.7. The molecule has 112 valence electrons. The van der Waals surface area contributed by atoms with Gasteiger partial charge in [0.05, 0.1) is 0 Å². The molecule has 2 atom stereocenters. The van der Waals surface area contributed by atoms with Crippen molar-refractivity contribution >= 4 is 29.9 Å². The van der Waals surface area contributed by atoms with Gasteiger partial charge in [-0.15, -0.1) is 12.4 Å². The van der Waals surface area contributed by atoms with E-state index in [1.807, 2.05) is 24.3 Å². The summed E-state index contributed by atoms with van der Waals surface area (Å²) in [5.74, 6) is 0.365. The van der Waals surface area contributed by atoms with Gasteiger partial charge < -0.3 is 10.6 Å². The third-order valence-electron chi connectivity index (χ3n) is 3.62. The van der Waals surface area contributed by atoms with Gasteiger partial charge in [0.1, 0.15) is 0 Å². The number of carbonyl (C=O) groups is 1. The van der Waals surface area contributed by atoms with Gasteiger partial charge in [0.2, 0.25) is 5.91 Å². The van der Waals surface area contributed by atoms with Crippen molar-refractivity contribution in [3.05, 3.63) is 34.9 Å². The van der Waals surface area contributed by atoms with Crippen LogP contribution in [0.3, 0.4) is 0 Å². The highest BCUT2D eigenvalue weighted by Crippen LogP contribution is 2.16. The summed E-state index contributed by atoms with van der Waals surface area (Å²) in [4.78, 5) is 12.0. The molecule has 1 aromatic rings. The summed E-state index contributed by atoms with van der Waals surface area (Å²) in [5.41, 5.74) is 1.20. The van der Waals surface area contributed by atoms with Crippen molar-refractivity contribution in [2.75, 3.05) is 13.1 Å². The number of halogens is 2. The summed E-state index contributed by atoms with van der Waals surface area (Å²) >= 11 is 5.84. The quantitative estimate of drug-likeness (QED) is 0.896. The Hall–Kier alpha value is -0.770. The van der Waals surface area contributed by atoms with Crippen LogP contribution in [0, 0.1) is 5.92 Å². The van der Waals surface area contributed by atoms with E-state index in [1.54, 1.807) is 0 Å². The Morgan fingerprint density at radius 2 is 2.10 bits per heavy atom. The monoisotopic (exact) mass is 316 g/mol. The van der Waals surface area contributed by atoms with E-state index in [4.69, 9.17) is 11.6 Å². The standard InChI is InChI=1S/C15H21ClN2O.ClH/c1-11-10-13(7-9-17-11)15(19)18-8-6-12-2-4-14(16)5-3-12;/h2-5,11,13,17H,6-10H2,1H3,(H,18,19);1H/t11-,13-;/m0./s1. The average molecular weight is 317 g/mol.